The van der Waals surface area contributed by atoms with Crippen LogP contribution >= 0.6 is 0 Å². The second kappa shape index (κ2) is 6.29. The van der Waals surface area contributed by atoms with Crippen molar-refractivity contribution in [1.82, 2.24) is 5.32 Å². The molecule has 1 saturated carbocycles. The van der Waals surface area contributed by atoms with E-state index in [2.05, 4.69) is 5.32 Å². The fraction of sp³-hybridized carbons (Fsp3) is 0.529. The molecular weight excluding hydrogens is 266 g/mol. The monoisotopic (exact) mass is 287 g/mol. The lowest BCUT2D eigenvalue weighted by Gasteiger charge is -2.14. The molecule has 1 N–H and O–H groups in total. The standard InChI is InChI=1S/C17H21NO3/c19-16(12-5-3-1-2-4-6-12)13-7-8-15-14(11-13)17(20)18-9-10-21-15/h7-8,11-12H,1-6,9-10H2,(H,18,20). The molecule has 4 heteroatoms. The Hall–Kier alpha value is -1.84. The van der Waals surface area contributed by atoms with E-state index in [1.807, 2.05) is 0 Å². The highest BCUT2D eigenvalue weighted by molar-refractivity contribution is 6.03. The van der Waals surface area contributed by atoms with E-state index in [1.165, 1.54) is 12.8 Å². The summed E-state index contributed by atoms with van der Waals surface area (Å²) in [6.07, 6.45) is 6.65. The number of ether oxygens (including phenoxy) is 1. The van der Waals surface area contributed by atoms with Gasteiger partial charge in [0.2, 0.25) is 0 Å². The summed E-state index contributed by atoms with van der Waals surface area (Å²) in [5, 5.41) is 2.78. The molecule has 1 aliphatic carbocycles. The first kappa shape index (κ1) is 14.1. The third-order valence-corrected chi connectivity index (χ3v) is 4.38. The largest absolute Gasteiger partial charge is 0.491 e. The lowest BCUT2D eigenvalue weighted by atomic mass is 9.90. The van der Waals surface area contributed by atoms with Crippen LogP contribution in [-0.4, -0.2) is 24.8 Å². The van der Waals surface area contributed by atoms with Gasteiger partial charge in [-0.1, -0.05) is 25.7 Å². The lowest BCUT2D eigenvalue weighted by Crippen LogP contribution is -2.24. The number of amides is 1. The Morgan fingerprint density at radius 1 is 1.14 bits per heavy atom. The van der Waals surface area contributed by atoms with Gasteiger partial charge in [-0.2, -0.15) is 0 Å². The van der Waals surface area contributed by atoms with Crippen molar-refractivity contribution in [1.29, 1.82) is 0 Å². The molecule has 1 amide bonds. The van der Waals surface area contributed by atoms with Gasteiger partial charge >= 0.3 is 0 Å². The summed E-state index contributed by atoms with van der Waals surface area (Å²) in [4.78, 5) is 24.7. The Kier molecular flexibility index (Phi) is 4.23. The topological polar surface area (TPSA) is 55.4 Å². The number of hydrogen-bond acceptors (Lipinski definition) is 3. The van der Waals surface area contributed by atoms with E-state index in [0.717, 1.165) is 25.7 Å². The van der Waals surface area contributed by atoms with Crippen molar-refractivity contribution in [3.05, 3.63) is 29.3 Å². The Balaban J connectivity index is 1.85. The van der Waals surface area contributed by atoms with E-state index in [-0.39, 0.29) is 17.6 Å². The van der Waals surface area contributed by atoms with Gasteiger partial charge in [0, 0.05) is 11.5 Å². The Labute approximate surface area is 124 Å². The molecule has 4 nitrogen and oxygen atoms in total. The molecule has 1 aliphatic heterocycles. The van der Waals surface area contributed by atoms with Gasteiger partial charge in [0.25, 0.3) is 5.91 Å². The Bertz CT molecular complexity index is 545. The molecular formula is C17H21NO3. The van der Waals surface area contributed by atoms with E-state index in [4.69, 9.17) is 4.74 Å². The maximum atomic E-state index is 12.7. The van der Waals surface area contributed by atoms with Crippen molar-refractivity contribution in [3.63, 3.8) is 0 Å². The third-order valence-electron chi connectivity index (χ3n) is 4.38. The van der Waals surface area contributed by atoms with Gasteiger partial charge in [-0.3, -0.25) is 9.59 Å². The normalized spacial score (nSPS) is 19.7. The molecule has 112 valence electrons. The van der Waals surface area contributed by atoms with Crippen LogP contribution in [0.3, 0.4) is 0 Å². The summed E-state index contributed by atoms with van der Waals surface area (Å²) >= 11 is 0. The number of hydrogen-bond donors (Lipinski definition) is 1. The van der Waals surface area contributed by atoms with E-state index in [0.29, 0.717) is 30.0 Å². The van der Waals surface area contributed by atoms with Gasteiger partial charge in [0.1, 0.15) is 12.4 Å². The number of rotatable bonds is 2. The molecule has 0 bridgehead atoms. The van der Waals surface area contributed by atoms with Gasteiger partial charge in [-0.05, 0) is 31.0 Å². The number of ketones is 1. The summed E-state index contributed by atoms with van der Waals surface area (Å²) in [5.74, 6) is 0.706. The van der Waals surface area contributed by atoms with Crippen LogP contribution in [0, 0.1) is 5.92 Å². The van der Waals surface area contributed by atoms with E-state index >= 15 is 0 Å². The summed E-state index contributed by atoms with van der Waals surface area (Å²) in [6, 6.07) is 5.25. The van der Waals surface area contributed by atoms with Gasteiger partial charge in [0.15, 0.2) is 5.78 Å². The first-order valence-corrected chi connectivity index (χ1v) is 7.85. The zero-order valence-electron chi connectivity index (χ0n) is 12.2. The van der Waals surface area contributed by atoms with Gasteiger partial charge in [-0.25, -0.2) is 0 Å². The van der Waals surface area contributed by atoms with E-state index in [9.17, 15) is 9.59 Å². The average molecular weight is 287 g/mol. The average Bonchev–Trinajstić information content (AvgIpc) is 2.88. The van der Waals surface area contributed by atoms with Crippen LogP contribution in [-0.2, 0) is 0 Å². The summed E-state index contributed by atoms with van der Waals surface area (Å²) < 4.78 is 5.52. The van der Waals surface area contributed by atoms with Crippen molar-refractivity contribution in [3.8, 4) is 5.75 Å². The first-order chi connectivity index (χ1) is 10.3. The molecule has 0 atom stereocenters. The van der Waals surface area contributed by atoms with Gasteiger partial charge in [0.05, 0.1) is 12.1 Å². The zero-order chi connectivity index (χ0) is 14.7. The van der Waals surface area contributed by atoms with Crippen LogP contribution in [0.1, 0.15) is 59.2 Å². The molecule has 2 aliphatic rings. The SMILES string of the molecule is O=C1NCCOc2ccc(C(=O)C3CCCCCC3)cc21. The van der Waals surface area contributed by atoms with Crippen molar-refractivity contribution in [2.75, 3.05) is 13.2 Å². The third kappa shape index (κ3) is 3.09. The van der Waals surface area contributed by atoms with Crippen LogP contribution in [0.4, 0.5) is 0 Å². The van der Waals surface area contributed by atoms with Gasteiger partial charge in [-0.15, -0.1) is 0 Å². The quantitative estimate of drug-likeness (QED) is 0.672. The first-order valence-electron chi connectivity index (χ1n) is 7.85. The molecule has 21 heavy (non-hydrogen) atoms. The van der Waals surface area contributed by atoms with Crippen LogP contribution in [0.25, 0.3) is 0 Å². The molecule has 0 aromatic heterocycles. The Morgan fingerprint density at radius 2 is 1.90 bits per heavy atom. The smallest absolute Gasteiger partial charge is 0.255 e. The fourth-order valence-corrected chi connectivity index (χ4v) is 3.18. The van der Waals surface area contributed by atoms with Crippen molar-refractivity contribution in [2.24, 2.45) is 5.92 Å². The number of nitrogens with one attached hydrogen (secondary N) is 1. The molecule has 0 unspecified atom stereocenters. The molecule has 0 spiro atoms. The predicted octanol–water partition coefficient (Wildman–Crippen LogP) is 2.96. The van der Waals surface area contributed by atoms with E-state index in [1.54, 1.807) is 18.2 Å². The number of carbonyl (C=O) groups excluding carboxylic acids is 2. The number of Topliss-reactive ketones (excluding diaryl/α,β-unsaturated/α-hetero) is 1. The lowest BCUT2D eigenvalue weighted by molar-refractivity contribution is 0.0908. The molecule has 1 fully saturated rings. The highest BCUT2D eigenvalue weighted by atomic mass is 16.5. The fourth-order valence-electron chi connectivity index (χ4n) is 3.18. The maximum Gasteiger partial charge on any atom is 0.255 e. The van der Waals surface area contributed by atoms with Crippen LogP contribution in [0.5, 0.6) is 5.75 Å². The van der Waals surface area contributed by atoms with Crippen molar-refractivity contribution in [2.45, 2.75) is 38.5 Å². The van der Waals surface area contributed by atoms with E-state index < -0.39 is 0 Å². The number of benzene rings is 1. The van der Waals surface area contributed by atoms with Gasteiger partial charge < -0.3 is 10.1 Å². The second-order valence-corrected chi connectivity index (χ2v) is 5.87. The summed E-state index contributed by atoms with van der Waals surface area (Å²) in [5.41, 5.74) is 1.12. The number of fused-ring (bicyclic) bond motifs is 1. The maximum absolute atomic E-state index is 12.7. The minimum atomic E-state index is -0.155. The highest BCUT2D eigenvalue weighted by Crippen LogP contribution is 2.28. The van der Waals surface area contributed by atoms with Crippen LogP contribution < -0.4 is 10.1 Å². The minimum absolute atomic E-state index is 0.111. The summed E-state index contributed by atoms with van der Waals surface area (Å²) in [7, 11) is 0. The number of carbonyl (C=O) groups is 2. The van der Waals surface area contributed by atoms with Crippen LogP contribution in [0.2, 0.25) is 0 Å². The summed E-state index contributed by atoms with van der Waals surface area (Å²) in [6.45, 7) is 0.966. The predicted molar refractivity (Wildman–Crippen MR) is 79.8 cm³/mol. The van der Waals surface area contributed by atoms with Crippen molar-refractivity contribution < 1.29 is 14.3 Å². The molecule has 1 aromatic carbocycles. The highest BCUT2D eigenvalue weighted by Gasteiger charge is 2.24. The second-order valence-electron chi connectivity index (χ2n) is 5.87. The molecule has 0 radical (unpaired) electrons. The molecule has 1 heterocycles. The Morgan fingerprint density at radius 3 is 2.67 bits per heavy atom. The minimum Gasteiger partial charge on any atom is -0.491 e. The van der Waals surface area contributed by atoms with Crippen LogP contribution in [0.15, 0.2) is 18.2 Å². The molecule has 0 saturated heterocycles. The zero-order valence-corrected chi connectivity index (χ0v) is 12.2. The van der Waals surface area contributed by atoms with Crippen molar-refractivity contribution >= 4 is 11.7 Å². The molecule has 3 rings (SSSR count). The molecule has 1 aromatic rings.